The lowest BCUT2D eigenvalue weighted by molar-refractivity contribution is -0.136. The Kier molecular flexibility index (Phi) is 4.73. The van der Waals surface area contributed by atoms with Crippen LogP contribution in [0.4, 0.5) is 0 Å². The third-order valence-electron chi connectivity index (χ3n) is 3.74. The number of carbonyl (C=O) groups excluding carboxylic acids is 2. The molecule has 1 fully saturated rings. The number of hydrogen-bond donors (Lipinski definition) is 1. The first-order chi connectivity index (χ1) is 9.97. The van der Waals surface area contributed by atoms with Crippen molar-refractivity contribution in [2.45, 2.75) is 38.6 Å². The lowest BCUT2D eigenvalue weighted by Gasteiger charge is -2.22. The Balaban J connectivity index is 2.05. The molecule has 1 unspecified atom stereocenters. The number of carboxylic acids is 1. The molecule has 2 rings (SSSR count). The van der Waals surface area contributed by atoms with Crippen molar-refractivity contribution in [3.8, 4) is 0 Å². The Morgan fingerprint density at radius 2 is 1.90 bits per heavy atom. The van der Waals surface area contributed by atoms with E-state index in [1.807, 2.05) is 6.07 Å². The molecule has 1 heterocycles. The summed E-state index contributed by atoms with van der Waals surface area (Å²) in [6.07, 6.45) is 1.74. The van der Waals surface area contributed by atoms with Gasteiger partial charge in [-0.3, -0.25) is 14.4 Å². The molecule has 1 aromatic rings. The van der Waals surface area contributed by atoms with Crippen LogP contribution in [-0.4, -0.2) is 40.3 Å². The quantitative estimate of drug-likeness (QED) is 0.890. The average Bonchev–Trinajstić information content (AvgIpc) is 2.87. The standard InChI is InChI=1S/C16H19NO4/c1-11(18)14-6-3-7-17(14)15(19)9-12-4-2-5-13(8-12)10-16(20)21/h2,4-5,8,14H,3,6-7,9-10H2,1H3,(H,20,21). The lowest BCUT2D eigenvalue weighted by atomic mass is 10.0. The summed E-state index contributed by atoms with van der Waals surface area (Å²) in [5.74, 6) is -0.935. The van der Waals surface area contributed by atoms with Crippen LogP contribution in [0, 0.1) is 0 Å². The summed E-state index contributed by atoms with van der Waals surface area (Å²) in [6, 6.07) is 6.75. The summed E-state index contributed by atoms with van der Waals surface area (Å²) < 4.78 is 0. The van der Waals surface area contributed by atoms with Crippen molar-refractivity contribution in [1.82, 2.24) is 4.90 Å². The largest absolute Gasteiger partial charge is 0.481 e. The van der Waals surface area contributed by atoms with E-state index < -0.39 is 5.97 Å². The van der Waals surface area contributed by atoms with Crippen LogP contribution < -0.4 is 0 Å². The van der Waals surface area contributed by atoms with Crippen LogP contribution in [0.3, 0.4) is 0 Å². The normalized spacial score (nSPS) is 17.8. The molecule has 1 aliphatic heterocycles. The van der Waals surface area contributed by atoms with Gasteiger partial charge in [-0.2, -0.15) is 0 Å². The first kappa shape index (κ1) is 15.2. The zero-order valence-electron chi connectivity index (χ0n) is 12.0. The topological polar surface area (TPSA) is 74.7 Å². The summed E-state index contributed by atoms with van der Waals surface area (Å²) in [5, 5.41) is 8.80. The summed E-state index contributed by atoms with van der Waals surface area (Å²) in [6.45, 7) is 2.14. The smallest absolute Gasteiger partial charge is 0.307 e. The van der Waals surface area contributed by atoms with Crippen LogP contribution in [0.1, 0.15) is 30.9 Å². The Morgan fingerprint density at radius 3 is 2.52 bits per heavy atom. The van der Waals surface area contributed by atoms with Crippen LogP contribution in [0.15, 0.2) is 24.3 Å². The van der Waals surface area contributed by atoms with Gasteiger partial charge in [0.2, 0.25) is 5.91 Å². The van der Waals surface area contributed by atoms with Gasteiger partial charge in [0, 0.05) is 6.54 Å². The molecule has 1 amide bonds. The number of hydrogen-bond acceptors (Lipinski definition) is 3. The maximum Gasteiger partial charge on any atom is 0.307 e. The van der Waals surface area contributed by atoms with E-state index >= 15 is 0 Å². The predicted molar refractivity (Wildman–Crippen MR) is 76.9 cm³/mol. The second-order valence-corrected chi connectivity index (χ2v) is 5.42. The molecule has 0 aromatic heterocycles. The summed E-state index contributed by atoms with van der Waals surface area (Å²) in [5.41, 5.74) is 1.46. The van der Waals surface area contributed by atoms with E-state index in [9.17, 15) is 14.4 Å². The Labute approximate surface area is 123 Å². The summed E-state index contributed by atoms with van der Waals surface area (Å²) >= 11 is 0. The fourth-order valence-corrected chi connectivity index (χ4v) is 2.79. The van der Waals surface area contributed by atoms with Crippen molar-refractivity contribution < 1.29 is 19.5 Å². The lowest BCUT2D eigenvalue weighted by Crippen LogP contribution is -2.40. The van der Waals surface area contributed by atoms with E-state index in [4.69, 9.17) is 5.11 Å². The van der Waals surface area contributed by atoms with Crippen molar-refractivity contribution in [1.29, 1.82) is 0 Å². The van der Waals surface area contributed by atoms with Crippen LogP contribution in [0.25, 0.3) is 0 Å². The van der Waals surface area contributed by atoms with E-state index in [0.29, 0.717) is 12.1 Å². The van der Waals surface area contributed by atoms with Gasteiger partial charge in [0.05, 0.1) is 18.9 Å². The third-order valence-corrected chi connectivity index (χ3v) is 3.74. The fourth-order valence-electron chi connectivity index (χ4n) is 2.79. The number of Topliss-reactive ketones (excluding diaryl/α,β-unsaturated/α-hetero) is 1. The molecule has 0 aliphatic carbocycles. The number of likely N-dealkylation sites (tertiary alicyclic amines) is 1. The second-order valence-electron chi connectivity index (χ2n) is 5.42. The average molecular weight is 289 g/mol. The fraction of sp³-hybridized carbons (Fsp3) is 0.438. The number of rotatable bonds is 5. The number of carboxylic acid groups (broad SMARTS) is 1. The van der Waals surface area contributed by atoms with E-state index in [0.717, 1.165) is 18.4 Å². The molecule has 0 saturated carbocycles. The number of nitrogens with zero attached hydrogens (tertiary/aromatic N) is 1. The van der Waals surface area contributed by atoms with Gasteiger partial charge in [-0.15, -0.1) is 0 Å². The summed E-state index contributed by atoms with van der Waals surface area (Å²) in [7, 11) is 0. The maximum absolute atomic E-state index is 12.3. The molecule has 5 heteroatoms. The van der Waals surface area contributed by atoms with Gasteiger partial charge in [0.15, 0.2) is 5.78 Å². The zero-order valence-corrected chi connectivity index (χ0v) is 12.0. The molecule has 5 nitrogen and oxygen atoms in total. The molecular formula is C16H19NO4. The van der Waals surface area contributed by atoms with E-state index in [2.05, 4.69) is 0 Å². The van der Waals surface area contributed by atoms with Crippen LogP contribution in [0.2, 0.25) is 0 Å². The Morgan fingerprint density at radius 1 is 1.24 bits per heavy atom. The van der Waals surface area contributed by atoms with Gasteiger partial charge in [-0.1, -0.05) is 24.3 Å². The van der Waals surface area contributed by atoms with Gasteiger partial charge >= 0.3 is 5.97 Å². The van der Waals surface area contributed by atoms with Gasteiger partial charge in [-0.05, 0) is 30.9 Å². The second kappa shape index (κ2) is 6.52. The van der Waals surface area contributed by atoms with Crippen LogP contribution in [0.5, 0.6) is 0 Å². The van der Waals surface area contributed by atoms with Crippen molar-refractivity contribution in [3.63, 3.8) is 0 Å². The third kappa shape index (κ3) is 3.90. The molecule has 1 atom stereocenters. The Hall–Kier alpha value is -2.17. The molecule has 1 N–H and O–H groups in total. The minimum absolute atomic E-state index is 0.0282. The highest BCUT2D eigenvalue weighted by Crippen LogP contribution is 2.19. The van der Waals surface area contributed by atoms with Crippen molar-refractivity contribution in [3.05, 3.63) is 35.4 Å². The number of benzene rings is 1. The molecule has 0 radical (unpaired) electrons. The van der Waals surface area contributed by atoms with Crippen LogP contribution >= 0.6 is 0 Å². The van der Waals surface area contributed by atoms with E-state index in [1.165, 1.54) is 6.92 Å². The highest BCUT2D eigenvalue weighted by molar-refractivity contribution is 5.88. The van der Waals surface area contributed by atoms with E-state index in [1.54, 1.807) is 23.1 Å². The van der Waals surface area contributed by atoms with Gasteiger partial charge < -0.3 is 10.0 Å². The highest BCUT2D eigenvalue weighted by atomic mass is 16.4. The zero-order chi connectivity index (χ0) is 15.4. The molecule has 1 aliphatic rings. The highest BCUT2D eigenvalue weighted by Gasteiger charge is 2.31. The number of amides is 1. The summed E-state index contributed by atoms with van der Waals surface area (Å²) in [4.78, 5) is 36.2. The molecule has 0 spiro atoms. The van der Waals surface area contributed by atoms with Gasteiger partial charge in [0.25, 0.3) is 0 Å². The predicted octanol–water partition coefficient (Wildman–Crippen LogP) is 1.44. The minimum atomic E-state index is -0.894. The number of aliphatic carboxylic acids is 1. The molecular weight excluding hydrogens is 270 g/mol. The first-order valence-corrected chi connectivity index (χ1v) is 7.07. The van der Waals surface area contributed by atoms with Gasteiger partial charge in [-0.25, -0.2) is 0 Å². The van der Waals surface area contributed by atoms with Crippen molar-refractivity contribution in [2.24, 2.45) is 0 Å². The SMILES string of the molecule is CC(=O)C1CCCN1C(=O)Cc1cccc(CC(=O)O)c1. The molecule has 1 aromatic carbocycles. The van der Waals surface area contributed by atoms with E-state index in [-0.39, 0.29) is 30.6 Å². The van der Waals surface area contributed by atoms with Gasteiger partial charge in [0.1, 0.15) is 0 Å². The molecule has 1 saturated heterocycles. The number of ketones is 1. The first-order valence-electron chi connectivity index (χ1n) is 7.07. The Bertz CT molecular complexity index is 567. The van der Waals surface area contributed by atoms with Crippen molar-refractivity contribution >= 4 is 17.7 Å². The monoisotopic (exact) mass is 289 g/mol. The molecule has 21 heavy (non-hydrogen) atoms. The maximum atomic E-state index is 12.3. The number of carbonyl (C=O) groups is 3. The van der Waals surface area contributed by atoms with Crippen LogP contribution in [-0.2, 0) is 27.2 Å². The van der Waals surface area contributed by atoms with Crippen molar-refractivity contribution in [2.75, 3.05) is 6.54 Å². The molecule has 0 bridgehead atoms. The molecule has 112 valence electrons. The minimum Gasteiger partial charge on any atom is -0.481 e.